The molecule has 0 aliphatic heterocycles. The summed E-state index contributed by atoms with van der Waals surface area (Å²) in [6.45, 7) is 0. The summed E-state index contributed by atoms with van der Waals surface area (Å²) in [5, 5.41) is 12.4. The monoisotopic (exact) mass is 334 g/mol. The Balaban J connectivity index is 1.86. The summed E-state index contributed by atoms with van der Waals surface area (Å²) in [5.41, 5.74) is 2.93. The number of hydrogen-bond acceptors (Lipinski definition) is 6. The van der Waals surface area contributed by atoms with Gasteiger partial charge in [0.15, 0.2) is 0 Å². The van der Waals surface area contributed by atoms with Crippen LogP contribution in [0.1, 0.15) is 18.4 Å². The lowest BCUT2D eigenvalue weighted by Crippen LogP contribution is -2.06. The highest BCUT2D eigenvalue weighted by Gasteiger charge is 2.10. The molecule has 1 heterocycles. The summed E-state index contributed by atoms with van der Waals surface area (Å²) < 4.78 is 10.5. The summed E-state index contributed by atoms with van der Waals surface area (Å²) >= 11 is 0. The molecular weight excluding hydrogens is 316 g/mol. The Morgan fingerprint density at radius 1 is 1.20 bits per heavy atom. The van der Waals surface area contributed by atoms with Gasteiger partial charge >= 0.3 is 0 Å². The van der Waals surface area contributed by atoms with Gasteiger partial charge in [-0.1, -0.05) is 6.08 Å². The van der Waals surface area contributed by atoms with Crippen LogP contribution < -0.4 is 10.1 Å². The zero-order valence-corrected chi connectivity index (χ0v) is 14.1. The largest absolute Gasteiger partial charge is 0.501 e. The summed E-state index contributed by atoms with van der Waals surface area (Å²) in [5.74, 6) is 1.96. The fraction of sp³-hybridized carbons (Fsp3) is 0.211. The zero-order chi connectivity index (χ0) is 17.6. The van der Waals surface area contributed by atoms with Gasteiger partial charge in [-0.2, -0.15) is 5.26 Å². The van der Waals surface area contributed by atoms with E-state index in [4.69, 9.17) is 9.47 Å². The van der Waals surface area contributed by atoms with Gasteiger partial charge in [0.05, 0.1) is 31.2 Å². The molecule has 0 amide bonds. The summed E-state index contributed by atoms with van der Waals surface area (Å²) in [6, 6.07) is 9.33. The first kappa shape index (κ1) is 16.5. The van der Waals surface area contributed by atoms with E-state index in [1.165, 1.54) is 0 Å². The average Bonchev–Trinajstić information content (AvgIpc) is 2.67. The fourth-order valence-corrected chi connectivity index (χ4v) is 2.59. The molecule has 1 aliphatic carbocycles. The molecule has 126 valence electrons. The van der Waals surface area contributed by atoms with Crippen LogP contribution >= 0.6 is 0 Å². The van der Waals surface area contributed by atoms with Crippen molar-refractivity contribution in [3.63, 3.8) is 0 Å². The highest BCUT2D eigenvalue weighted by atomic mass is 16.5. The van der Waals surface area contributed by atoms with Gasteiger partial charge in [0.1, 0.15) is 11.8 Å². The molecule has 3 rings (SSSR count). The number of rotatable bonds is 5. The lowest BCUT2D eigenvalue weighted by molar-refractivity contribution is 0.276. The molecule has 0 spiro atoms. The van der Waals surface area contributed by atoms with Crippen molar-refractivity contribution in [1.82, 2.24) is 9.97 Å². The third kappa shape index (κ3) is 3.78. The van der Waals surface area contributed by atoms with Crippen LogP contribution in [-0.4, -0.2) is 24.2 Å². The minimum absolute atomic E-state index is 0.468. The summed E-state index contributed by atoms with van der Waals surface area (Å²) in [7, 11) is 3.21. The number of nitrogens with one attached hydrogen (secondary N) is 1. The molecular formula is C19H18N4O2. The van der Waals surface area contributed by atoms with Gasteiger partial charge in [-0.25, -0.2) is 9.97 Å². The van der Waals surface area contributed by atoms with E-state index in [9.17, 15) is 5.26 Å². The molecule has 25 heavy (non-hydrogen) atoms. The van der Waals surface area contributed by atoms with E-state index in [0.29, 0.717) is 17.3 Å². The lowest BCUT2D eigenvalue weighted by Gasteiger charge is -2.14. The van der Waals surface area contributed by atoms with Crippen LogP contribution in [0.3, 0.4) is 0 Å². The molecule has 0 atom stereocenters. The molecule has 2 aromatic rings. The Hall–Kier alpha value is -3.33. The minimum Gasteiger partial charge on any atom is -0.501 e. The number of ether oxygens (including phenoxy) is 2. The van der Waals surface area contributed by atoms with Crippen molar-refractivity contribution >= 4 is 5.95 Å². The molecule has 1 N–H and O–H groups in total. The Morgan fingerprint density at radius 3 is 2.84 bits per heavy atom. The lowest BCUT2D eigenvalue weighted by atomic mass is 10.1. The van der Waals surface area contributed by atoms with Gasteiger partial charge in [-0.15, -0.1) is 0 Å². The topological polar surface area (TPSA) is 80.1 Å². The Morgan fingerprint density at radius 2 is 2.08 bits per heavy atom. The second-order valence-electron chi connectivity index (χ2n) is 5.43. The van der Waals surface area contributed by atoms with E-state index in [1.54, 1.807) is 38.6 Å². The Kier molecular flexibility index (Phi) is 4.95. The predicted molar refractivity (Wildman–Crippen MR) is 94.8 cm³/mol. The van der Waals surface area contributed by atoms with E-state index in [-0.39, 0.29) is 0 Å². The number of benzene rings is 1. The average molecular weight is 334 g/mol. The van der Waals surface area contributed by atoms with Gasteiger partial charge in [-0.05, 0) is 36.8 Å². The highest BCUT2D eigenvalue weighted by Crippen LogP contribution is 2.26. The number of methoxy groups -OCH3 is 2. The number of anilines is 1. The van der Waals surface area contributed by atoms with Crippen LogP contribution in [0.15, 0.2) is 54.1 Å². The first-order valence-corrected chi connectivity index (χ1v) is 7.87. The maximum absolute atomic E-state index is 9.24. The number of aromatic nitrogens is 2. The van der Waals surface area contributed by atoms with Crippen LogP contribution in [0.2, 0.25) is 0 Å². The molecule has 0 radical (unpaired) electrons. The van der Waals surface area contributed by atoms with Crippen molar-refractivity contribution in [1.29, 1.82) is 5.26 Å². The SMILES string of the molecule is COC1=CC(Nc2nccc(-c3ccc(OC)c(C#N)c3)n2)=CCC1. The first-order chi connectivity index (χ1) is 12.2. The van der Waals surface area contributed by atoms with Gasteiger partial charge < -0.3 is 14.8 Å². The maximum atomic E-state index is 9.24. The molecule has 6 nitrogen and oxygen atoms in total. The van der Waals surface area contributed by atoms with Crippen molar-refractivity contribution in [2.45, 2.75) is 12.8 Å². The maximum Gasteiger partial charge on any atom is 0.227 e. The van der Waals surface area contributed by atoms with E-state index in [0.717, 1.165) is 35.6 Å². The normalized spacial score (nSPS) is 13.3. The molecule has 0 saturated heterocycles. The molecule has 0 fully saturated rings. The summed E-state index contributed by atoms with van der Waals surface area (Å²) in [4.78, 5) is 8.80. The van der Waals surface area contributed by atoms with Crippen LogP contribution in [0.5, 0.6) is 5.75 Å². The van der Waals surface area contributed by atoms with Gasteiger partial charge in [-0.3, -0.25) is 0 Å². The highest BCUT2D eigenvalue weighted by molar-refractivity contribution is 5.65. The number of allylic oxidation sites excluding steroid dienone is 3. The van der Waals surface area contributed by atoms with Gasteiger partial charge in [0.25, 0.3) is 0 Å². The molecule has 0 saturated carbocycles. The van der Waals surface area contributed by atoms with E-state index in [1.807, 2.05) is 12.1 Å². The Bertz CT molecular complexity index is 881. The molecule has 1 aromatic carbocycles. The molecule has 0 unspecified atom stereocenters. The number of nitrogens with zero attached hydrogens (tertiary/aromatic N) is 3. The zero-order valence-electron chi connectivity index (χ0n) is 14.1. The van der Waals surface area contributed by atoms with Crippen molar-refractivity contribution in [3.05, 3.63) is 59.6 Å². The fourth-order valence-electron chi connectivity index (χ4n) is 2.59. The number of hydrogen-bond donors (Lipinski definition) is 1. The Labute approximate surface area is 146 Å². The van der Waals surface area contributed by atoms with Gasteiger partial charge in [0, 0.05) is 23.9 Å². The standard InChI is InChI=1S/C19H18N4O2/c1-24-16-5-3-4-15(11-16)22-19-21-9-8-17(23-19)13-6-7-18(25-2)14(10-13)12-20/h4,6-11H,3,5H2,1-2H3,(H,21,22,23). The van der Waals surface area contributed by atoms with Crippen molar-refractivity contribution in [2.75, 3.05) is 19.5 Å². The predicted octanol–water partition coefficient (Wildman–Crippen LogP) is 3.64. The van der Waals surface area contributed by atoms with Crippen LogP contribution in [0, 0.1) is 11.3 Å². The molecule has 1 aliphatic rings. The number of nitriles is 1. The van der Waals surface area contributed by atoms with Crippen LogP contribution in [0.4, 0.5) is 5.95 Å². The molecule has 0 bridgehead atoms. The third-order valence-corrected chi connectivity index (χ3v) is 3.86. The van der Waals surface area contributed by atoms with Crippen molar-refractivity contribution < 1.29 is 9.47 Å². The summed E-state index contributed by atoms with van der Waals surface area (Å²) in [6.07, 6.45) is 7.52. The quantitative estimate of drug-likeness (QED) is 0.899. The van der Waals surface area contributed by atoms with Crippen LogP contribution in [-0.2, 0) is 4.74 Å². The van der Waals surface area contributed by atoms with Gasteiger partial charge in [0.2, 0.25) is 5.95 Å². The smallest absolute Gasteiger partial charge is 0.227 e. The van der Waals surface area contributed by atoms with E-state index >= 15 is 0 Å². The second-order valence-corrected chi connectivity index (χ2v) is 5.43. The minimum atomic E-state index is 0.468. The van der Waals surface area contributed by atoms with Crippen molar-refractivity contribution in [2.24, 2.45) is 0 Å². The third-order valence-electron chi connectivity index (χ3n) is 3.86. The molecule has 6 heteroatoms. The molecule has 1 aromatic heterocycles. The van der Waals surface area contributed by atoms with E-state index in [2.05, 4.69) is 27.4 Å². The first-order valence-electron chi connectivity index (χ1n) is 7.87. The van der Waals surface area contributed by atoms with Crippen molar-refractivity contribution in [3.8, 4) is 23.1 Å². The van der Waals surface area contributed by atoms with Crippen LogP contribution in [0.25, 0.3) is 11.3 Å². The van der Waals surface area contributed by atoms with E-state index < -0.39 is 0 Å². The second kappa shape index (κ2) is 7.49.